The Labute approximate surface area is 230 Å². The number of aliphatic hydroxyl groups excluding tert-OH is 1. The zero-order chi connectivity index (χ0) is 27.0. The summed E-state index contributed by atoms with van der Waals surface area (Å²) >= 11 is 0. The van der Waals surface area contributed by atoms with Crippen molar-refractivity contribution in [1.29, 1.82) is 0 Å². The van der Waals surface area contributed by atoms with Gasteiger partial charge in [-0.2, -0.15) is 0 Å². The summed E-state index contributed by atoms with van der Waals surface area (Å²) in [5, 5.41) is 14.0. The fourth-order valence-electron chi connectivity index (χ4n) is 5.14. The molecule has 39 heavy (non-hydrogen) atoms. The molecule has 2 N–H and O–H groups in total. The molecule has 0 radical (unpaired) electrons. The van der Waals surface area contributed by atoms with Crippen LogP contribution in [0.1, 0.15) is 39.4 Å². The molecule has 1 aliphatic heterocycles. The minimum absolute atomic E-state index is 0.0461. The average Bonchev–Trinajstić information content (AvgIpc) is 2.99. The summed E-state index contributed by atoms with van der Waals surface area (Å²) in [5.41, 5.74) is 6.33. The number of benzene rings is 4. The van der Waals surface area contributed by atoms with Crippen molar-refractivity contribution in [2.75, 3.05) is 20.8 Å². The number of hydrogen-bond donors (Lipinski definition) is 2. The van der Waals surface area contributed by atoms with Gasteiger partial charge in [-0.25, -0.2) is 0 Å². The molecule has 0 saturated heterocycles. The number of ether oxygens (including phenoxy) is 4. The highest BCUT2D eigenvalue weighted by Crippen LogP contribution is 2.39. The van der Waals surface area contributed by atoms with Crippen LogP contribution in [0.25, 0.3) is 0 Å². The molecular weight excluding hydrogens is 490 g/mol. The van der Waals surface area contributed by atoms with Gasteiger partial charge in [-0.3, -0.25) is 0 Å². The molecule has 0 saturated carbocycles. The third-order valence-corrected chi connectivity index (χ3v) is 7.17. The van der Waals surface area contributed by atoms with Crippen molar-refractivity contribution < 1.29 is 24.1 Å². The van der Waals surface area contributed by atoms with E-state index in [0.717, 1.165) is 46.7 Å². The maximum Gasteiger partial charge on any atom is 0.166 e. The minimum Gasteiger partial charge on any atom is -0.493 e. The van der Waals surface area contributed by atoms with Crippen molar-refractivity contribution in [1.82, 2.24) is 5.32 Å². The summed E-state index contributed by atoms with van der Waals surface area (Å²) in [5.74, 6) is 2.65. The highest BCUT2D eigenvalue weighted by Gasteiger charge is 2.25. The van der Waals surface area contributed by atoms with E-state index in [0.29, 0.717) is 31.1 Å². The number of rotatable bonds is 11. The van der Waals surface area contributed by atoms with Crippen LogP contribution in [-0.2, 0) is 32.7 Å². The molecule has 1 atom stereocenters. The first-order chi connectivity index (χ1) is 19.2. The maximum absolute atomic E-state index is 10.4. The topological polar surface area (TPSA) is 69.2 Å². The Bertz CT molecular complexity index is 1370. The van der Waals surface area contributed by atoms with Gasteiger partial charge in [0.25, 0.3) is 0 Å². The molecule has 0 aliphatic carbocycles. The summed E-state index contributed by atoms with van der Waals surface area (Å²) in [7, 11) is 3.29. The molecule has 6 heteroatoms. The molecule has 1 heterocycles. The molecule has 0 spiro atoms. The van der Waals surface area contributed by atoms with Gasteiger partial charge in [-0.1, -0.05) is 66.7 Å². The van der Waals surface area contributed by atoms with Gasteiger partial charge in [0.15, 0.2) is 23.0 Å². The second-order valence-electron chi connectivity index (χ2n) is 9.60. The molecule has 4 aromatic rings. The van der Waals surface area contributed by atoms with Crippen LogP contribution in [0.5, 0.6) is 23.0 Å². The zero-order valence-electron chi connectivity index (χ0n) is 22.5. The normalized spacial score (nSPS) is 14.4. The smallest absolute Gasteiger partial charge is 0.166 e. The van der Waals surface area contributed by atoms with Crippen molar-refractivity contribution in [3.8, 4) is 23.0 Å². The van der Waals surface area contributed by atoms with Crippen LogP contribution in [0.15, 0.2) is 84.9 Å². The Morgan fingerprint density at radius 3 is 2.05 bits per heavy atom. The number of fused-ring (bicyclic) bond motifs is 1. The molecule has 4 aromatic carbocycles. The lowest BCUT2D eigenvalue weighted by Crippen LogP contribution is -2.31. The van der Waals surface area contributed by atoms with Crippen LogP contribution in [0, 0.1) is 0 Å². The van der Waals surface area contributed by atoms with Crippen molar-refractivity contribution in [2.24, 2.45) is 0 Å². The third kappa shape index (κ3) is 6.19. The van der Waals surface area contributed by atoms with Gasteiger partial charge in [0.2, 0.25) is 0 Å². The standard InChI is InChI=1S/C33H35NO5/c1-36-31-18-26-15-16-34-29(27(26)19-32(31)39-22-24-11-7-4-8-12-24)17-25-13-14-30(33(37-2)28(25)20-35)38-21-23-9-5-3-6-10-23/h3-14,18-19,29,34-35H,15-17,20-22H2,1-2H3/t29-/m0/s1. The largest absolute Gasteiger partial charge is 0.493 e. The lowest BCUT2D eigenvalue weighted by Gasteiger charge is -2.29. The maximum atomic E-state index is 10.4. The first-order valence-electron chi connectivity index (χ1n) is 13.3. The summed E-state index contributed by atoms with van der Waals surface area (Å²) in [6, 6.07) is 28.3. The average molecular weight is 526 g/mol. The molecular formula is C33H35NO5. The van der Waals surface area contributed by atoms with Gasteiger partial charge in [-0.05, 0) is 65.4 Å². The molecule has 0 aromatic heterocycles. The van der Waals surface area contributed by atoms with Crippen LogP contribution < -0.4 is 24.3 Å². The SMILES string of the molecule is COc1cc2c(cc1OCc1ccccc1)[C@H](Cc1ccc(OCc3ccccc3)c(OC)c1CO)NCC2. The number of methoxy groups -OCH3 is 2. The minimum atomic E-state index is -0.144. The molecule has 202 valence electrons. The Morgan fingerprint density at radius 1 is 0.769 bits per heavy atom. The van der Waals surface area contributed by atoms with Gasteiger partial charge in [0.05, 0.1) is 20.8 Å². The van der Waals surface area contributed by atoms with Crippen LogP contribution in [0.2, 0.25) is 0 Å². The van der Waals surface area contributed by atoms with Crippen molar-refractivity contribution in [2.45, 2.75) is 38.7 Å². The second kappa shape index (κ2) is 12.7. The summed E-state index contributed by atoms with van der Waals surface area (Å²) in [6.07, 6.45) is 1.59. The predicted octanol–water partition coefficient (Wildman–Crippen LogP) is 5.78. The Morgan fingerprint density at radius 2 is 1.44 bits per heavy atom. The van der Waals surface area contributed by atoms with Crippen LogP contribution in [-0.4, -0.2) is 25.9 Å². The van der Waals surface area contributed by atoms with Crippen LogP contribution >= 0.6 is 0 Å². The highest BCUT2D eigenvalue weighted by atomic mass is 16.5. The number of hydrogen-bond acceptors (Lipinski definition) is 6. The molecule has 0 amide bonds. The summed E-state index contributed by atoms with van der Waals surface area (Å²) < 4.78 is 23.7. The van der Waals surface area contributed by atoms with E-state index in [1.807, 2.05) is 72.8 Å². The van der Waals surface area contributed by atoms with Crippen molar-refractivity contribution >= 4 is 0 Å². The summed E-state index contributed by atoms with van der Waals surface area (Å²) in [6.45, 7) is 1.60. The fraction of sp³-hybridized carbons (Fsp3) is 0.273. The van der Waals surface area contributed by atoms with E-state index in [2.05, 4.69) is 17.4 Å². The first-order valence-corrected chi connectivity index (χ1v) is 13.3. The predicted molar refractivity (Wildman–Crippen MR) is 152 cm³/mol. The molecule has 1 aliphatic rings. The van der Waals surface area contributed by atoms with Gasteiger partial charge in [-0.15, -0.1) is 0 Å². The van der Waals surface area contributed by atoms with Crippen LogP contribution in [0.4, 0.5) is 0 Å². The first kappa shape index (κ1) is 26.6. The molecule has 0 bridgehead atoms. The monoisotopic (exact) mass is 525 g/mol. The lowest BCUT2D eigenvalue weighted by molar-refractivity contribution is 0.257. The fourth-order valence-corrected chi connectivity index (χ4v) is 5.14. The van der Waals surface area contributed by atoms with Gasteiger partial charge >= 0.3 is 0 Å². The third-order valence-electron chi connectivity index (χ3n) is 7.17. The van der Waals surface area contributed by atoms with E-state index in [9.17, 15) is 5.11 Å². The Kier molecular flexibility index (Phi) is 8.66. The second-order valence-corrected chi connectivity index (χ2v) is 9.60. The van der Waals surface area contributed by atoms with Gasteiger partial charge in [0.1, 0.15) is 13.2 Å². The Hall–Kier alpha value is -4.00. The lowest BCUT2D eigenvalue weighted by atomic mass is 9.88. The zero-order valence-corrected chi connectivity index (χ0v) is 22.5. The molecule has 5 rings (SSSR count). The van der Waals surface area contributed by atoms with Crippen molar-refractivity contribution in [3.63, 3.8) is 0 Å². The molecule has 0 unspecified atom stereocenters. The highest BCUT2D eigenvalue weighted by molar-refractivity contribution is 5.53. The Balaban J connectivity index is 1.39. The summed E-state index contributed by atoms with van der Waals surface area (Å²) in [4.78, 5) is 0. The number of aliphatic hydroxyl groups is 1. The van der Waals surface area contributed by atoms with E-state index in [1.54, 1.807) is 14.2 Å². The van der Waals surface area contributed by atoms with E-state index in [4.69, 9.17) is 18.9 Å². The van der Waals surface area contributed by atoms with E-state index in [1.165, 1.54) is 11.1 Å². The van der Waals surface area contributed by atoms with E-state index in [-0.39, 0.29) is 12.6 Å². The van der Waals surface area contributed by atoms with E-state index >= 15 is 0 Å². The number of nitrogens with one attached hydrogen (secondary N) is 1. The van der Waals surface area contributed by atoms with E-state index < -0.39 is 0 Å². The van der Waals surface area contributed by atoms with Crippen molar-refractivity contribution in [3.05, 3.63) is 118 Å². The quantitative estimate of drug-likeness (QED) is 0.259. The van der Waals surface area contributed by atoms with Gasteiger partial charge in [0, 0.05) is 11.6 Å². The molecule has 0 fully saturated rings. The molecule has 6 nitrogen and oxygen atoms in total. The van der Waals surface area contributed by atoms with Gasteiger partial charge < -0.3 is 29.4 Å². The van der Waals surface area contributed by atoms with Crippen LogP contribution in [0.3, 0.4) is 0 Å².